The number of hydrogen-bond donors (Lipinski definition) is 1. The molecule has 2 rings (SSSR count). The van der Waals surface area contributed by atoms with Gasteiger partial charge in [-0.25, -0.2) is 13.2 Å². The molecule has 2 aromatic carbocycles. The van der Waals surface area contributed by atoms with Crippen LogP contribution in [-0.4, -0.2) is 58.2 Å². The van der Waals surface area contributed by atoms with E-state index in [4.69, 9.17) is 9.47 Å². The zero-order chi connectivity index (χ0) is 22.5. The number of nitrogens with zero attached hydrogens (tertiary/aromatic N) is 1. The van der Waals surface area contributed by atoms with Gasteiger partial charge in [0.1, 0.15) is 5.75 Å². The molecule has 1 amide bonds. The van der Waals surface area contributed by atoms with Gasteiger partial charge in [-0.15, -0.1) is 0 Å². The van der Waals surface area contributed by atoms with Gasteiger partial charge in [0, 0.05) is 12.6 Å². The van der Waals surface area contributed by atoms with Gasteiger partial charge >= 0.3 is 5.97 Å². The van der Waals surface area contributed by atoms with Gasteiger partial charge in [0.15, 0.2) is 5.78 Å². The summed E-state index contributed by atoms with van der Waals surface area (Å²) in [6.07, 6.45) is 0. The fraction of sp³-hybridized carbons (Fsp3) is 0.250. The molecule has 0 aliphatic heterocycles. The predicted octanol–water partition coefficient (Wildman–Crippen LogP) is 1.94. The molecule has 0 spiro atoms. The van der Waals surface area contributed by atoms with Crippen molar-refractivity contribution in [2.75, 3.05) is 33.1 Å². The monoisotopic (exact) mass is 434 g/mol. The van der Waals surface area contributed by atoms with Crippen molar-refractivity contribution in [1.82, 2.24) is 4.31 Å². The fourth-order valence-electron chi connectivity index (χ4n) is 2.56. The second-order valence-corrected chi connectivity index (χ2v) is 8.34. The number of anilines is 1. The van der Waals surface area contributed by atoms with Crippen molar-refractivity contribution < 1.29 is 32.3 Å². The lowest BCUT2D eigenvalue weighted by Crippen LogP contribution is -2.35. The number of nitrogens with one attached hydrogen (secondary N) is 1. The number of hydrogen-bond acceptors (Lipinski definition) is 7. The highest BCUT2D eigenvalue weighted by Gasteiger charge is 2.24. The highest BCUT2D eigenvalue weighted by atomic mass is 32.2. The molecule has 0 radical (unpaired) electrons. The van der Waals surface area contributed by atoms with E-state index >= 15 is 0 Å². The Hall–Kier alpha value is -3.24. The smallest absolute Gasteiger partial charge is 0.340 e. The molecule has 0 unspecified atom stereocenters. The van der Waals surface area contributed by atoms with Crippen LogP contribution >= 0.6 is 0 Å². The summed E-state index contributed by atoms with van der Waals surface area (Å²) >= 11 is 0. The minimum Gasteiger partial charge on any atom is -0.497 e. The van der Waals surface area contributed by atoms with Crippen LogP contribution in [0, 0.1) is 0 Å². The molecule has 0 saturated carbocycles. The van der Waals surface area contributed by atoms with E-state index in [1.165, 1.54) is 64.6 Å². The molecule has 0 fully saturated rings. The van der Waals surface area contributed by atoms with Gasteiger partial charge in [-0.05, 0) is 37.3 Å². The Morgan fingerprint density at radius 2 is 1.67 bits per heavy atom. The maximum atomic E-state index is 12.7. The van der Waals surface area contributed by atoms with E-state index in [0.29, 0.717) is 11.3 Å². The third-order valence-corrected chi connectivity index (χ3v) is 6.06. The Morgan fingerprint density at radius 1 is 1.03 bits per heavy atom. The number of methoxy groups -OCH3 is 2. The van der Waals surface area contributed by atoms with Crippen molar-refractivity contribution >= 4 is 33.4 Å². The van der Waals surface area contributed by atoms with E-state index in [1.807, 2.05) is 0 Å². The molecule has 160 valence electrons. The number of ketones is 1. The topological polar surface area (TPSA) is 119 Å². The first-order valence-electron chi connectivity index (χ1n) is 8.73. The molecule has 0 aliphatic rings. The van der Waals surface area contributed by atoms with Crippen molar-refractivity contribution in [2.45, 2.75) is 11.8 Å². The summed E-state index contributed by atoms with van der Waals surface area (Å²) in [4.78, 5) is 35.7. The third-order valence-electron chi connectivity index (χ3n) is 4.24. The maximum Gasteiger partial charge on any atom is 0.340 e. The van der Waals surface area contributed by atoms with Crippen LogP contribution in [0.3, 0.4) is 0 Å². The van der Waals surface area contributed by atoms with Crippen LogP contribution in [-0.2, 0) is 19.6 Å². The molecule has 0 aliphatic carbocycles. The number of likely N-dealkylation sites (N-methyl/N-ethyl adjacent to an activating group) is 1. The fourth-order valence-corrected chi connectivity index (χ4v) is 3.68. The van der Waals surface area contributed by atoms with E-state index in [2.05, 4.69) is 5.32 Å². The first-order valence-corrected chi connectivity index (χ1v) is 10.2. The lowest BCUT2D eigenvalue weighted by molar-refractivity contribution is -0.116. The van der Waals surface area contributed by atoms with E-state index in [-0.39, 0.29) is 21.9 Å². The molecular formula is C20H22N2O7S. The molecule has 30 heavy (non-hydrogen) atoms. The van der Waals surface area contributed by atoms with Crippen LogP contribution < -0.4 is 10.1 Å². The molecule has 0 saturated heterocycles. The highest BCUT2D eigenvalue weighted by molar-refractivity contribution is 7.89. The molecular weight excluding hydrogens is 412 g/mol. The summed E-state index contributed by atoms with van der Waals surface area (Å²) in [5, 5.41) is 2.51. The third kappa shape index (κ3) is 5.22. The zero-order valence-corrected chi connectivity index (χ0v) is 17.8. The van der Waals surface area contributed by atoms with E-state index in [9.17, 15) is 22.8 Å². The average Bonchev–Trinajstić information content (AvgIpc) is 2.73. The van der Waals surface area contributed by atoms with Crippen LogP contribution in [0.4, 0.5) is 5.69 Å². The van der Waals surface area contributed by atoms with Crippen molar-refractivity contribution in [3.05, 3.63) is 53.6 Å². The van der Waals surface area contributed by atoms with Gasteiger partial charge in [0.05, 0.1) is 36.9 Å². The number of rotatable bonds is 8. The van der Waals surface area contributed by atoms with Gasteiger partial charge in [-0.3, -0.25) is 9.59 Å². The minimum absolute atomic E-state index is 0.0532. The quantitative estimate of drug-likeness (QED) is 0.498. The second kappa shape index (κ2) is 9.51. The van der Waals surface area contributed by atoms with Crippen molar-refractivity contribution in [3.63, 3.8) is 0 Å². The summed E-state index contributed by atoms with van der Waals surface area (Å²) in [5.41, 5.74) is 0.601. The van der Waals surface area contributed by atoms with Gasteiger partial charge < -0.3 is 14.8 Å². The van der Waals surface area contributed by atoms with E-state index in [1.54, 1.807) is 6.07 Å². The number of sulfonamides is 1. The number of amides is 1. The number of esters is 1. The lowest BCUT2D eigenvalue weighted by Gasteiger charge is -2.18. The van der Waals surface area contributed by atoms with Crippen LogP contribution in [0.15, 0.2) is 47.4 Å². The molecule has 0 heterocycles. The normalized spacial score (nSPS) is 11.1. The Bertz CT molecular complexity index is 1060. The summed E-state index contributed by atoms with van der Waals surface area (Å²) in [6.45, 7) is 0.880. The summed E-state index contributed by atoms with van der Waals surface area (Å²) in [6, 6.07) is 9.82. The van der Waals surface area contributed by atoms with Gasteiger partial charge in [0.25, 0.3) is 0 Å². The number of benzene rings is 2. The summed E-state index contributed by atoms with van der Waals surface area (Å²) < 4.78 is 36.0. The highest BCUT2D eigenvalue weighted by Crippen LogP contribution is 2.23. The maximum absolute atomic E-state index is 12.7. The van der Waals surface area contributed by atoms with Gasteiger partial charge in [-0.1, -0.05) is 12.1 Å². The molecule has 9 nitrogen and oxygen atoms in total. The largest absolute Gasteiger partial charge is 0.497 e. The van der Waals surface area contributed by atoms with Crippen LogP contribution in [0.1, 0.15) is 27.6 Å². The number of ether oxygens (including phenoxy) is 2. The summed E-state index contributed by atoms with van der Waals surface area (Å²) in [5.74, 6) is -1.14. The first-order chi connectivity index (χ1) is 14.1. The summed E-state index contributed by atoms with van der Waals surface area (Å²) in [7, 11) is -0.0805. The Balaban J connectivity index is 2.17. The van der Waals surface area contributed by atoms with Crippen molar-refractivity contribution in [2.24, 2.45) is 0 Å². The predicted molar refractivity (Wildman–Crippen MR) is 109 cm³/mol. The Kier molecular flexibility index (Phi) is 7.30. The van der Waals surface area contributed by atoms with Crippen LogP contribution in [0.25, 0.3) is 0 Å². The second-order valence-electron chi connectivity index (χ2n) is 6.29. The lowest BCUT2D eigenvalue weighted by atomic mass is 10.1. The number of carbonyl (C=O) groups is 3. The van der Waals surface area contributed by atoms with Gasteiger partial charge in [-0.2, -0.15) is 4.31 Å². The first kappa shape index (κ1) is 23.0. The number of carbonyl (C=O) groups excluding carboxylic acids is 3. The van der Waals surface area contributed by atoms with E-state index in [0.717, 1.165) is 4.31 Å². The van der Waals surface area contributed by atoms with Crippen molar-refractivity contribution in [1.29, 1.82) is 0 Å². The SMILES string of the molecule is COC(=O)c1cc(OC)ccc1NC(=O)CN(C)S(=O)(=O)c1ccc(C(C)=O)cc1. The zero-order valence-electron chi connectivity index (χ0n) is 17.0. The molecule has 1 N–H and O–H groups in total. The molecule has 0 atom stereocenters. The Labute approximate surface area is 174 Å². The Morgan fingerprint density at radius 3 is 2.20 bits per heavy atom. The molecule has 0 aromatic heterocycles. The van der Waals surface area contributed by atoms with Crippen molar-refractivity contribution in [3.8, 4) is 5.75 Å². The number of Topliss-reactive ketones (excluding diaryl/α,β-unsaturated/α-hetero) is 1. The van der Waals surface area contributed by atoms with Crippen LogP contribution in [0.5, 0.6) is 5.75 Å². The van der Waals surface area contributed by atoms with E-state index < -0.39 is 28.4 Å². The molecule has 10 heteroatoms. The molecule has 2 aromatic rings. The average molecular weight is 434 g/mol. The minimum atomic E-state index is -3.96. The van der Waals surface area contributed by atoms with Crippen LogP contribution in [0.2, 0.25) is 0 Å². The van der Waals surface area contributed by atoms with Gasteiger partial charge in [0.2, 0.25) is 15.9 Å². The standard InChI is InChI=1S/C20H22N2O7S/c1-13(23)14-5-8-16(9-6-14)30(26,27)22(2)12-19(24)21-18-10-7-15(28-3)11-17(18)20(25)29-4/h5-11H,12H2,1-4H3,(H,21,24). The molecule has 0 bridgehead atoms.